The van der Waals surface area contributed by atoms with Crippen LogP contribution in [-0.4, -0.2) is 36.8 Å². The molecule has 1 aliphatic rings. The van der Waals surface area contributed by atoms with Crippen LogP contribution in [0.1, 0.15) is 18.4 Å². The molecule has 23 heavy (non-hydrogen) atoms. The third-order valence-electron chi connectivity index (χ3n) is 4.12. The van der Waals surface area contributed by atoms with Crippen LogP contribution >= 0.6 is 0 Å². The quantitative estimate of drug-likeness (QED) is 0.723. The highest BCUT2D eigenvalue weighted by atomic mass is 16.2. The molecule has 0 atom stereocenters. The third kappa shape index (κ3) is 2.92. The van der Waals surface area contributed by atoms with Crippen LogP contribution < -0.4 is 0 Å². The van der Waals surface area contributed by atoms with Crippen LogP contribution in [0.4, 0.5) is 0 Å². The number of nitrogens with zero attached hydrogens (tertiary/aromatic N) is 5. The van der Waals surface area contributed by atoms with Gasteiger partial charge in [0.15, 0.2) is 0 Å². The summed E-state index contributed by atoms with van der Waals surface area (Å²) >= 11 is 0. The van der Waals surface area contributed by atoms with Gasteiger partial charge in [-0.2, -0.15) is 0 Å². The largest absolute Gasteiger partial charge is 0.334 e. The Morgan fingerprint density at radius 2 is 1.96 bits per heavy atom. The zero-order valence-electron chi connectivity index (χ0n) is 12.7. The molecule has 0 N–H and O–H groups in total. The Morgan fingerprint density at radius 1 is 1.17 bits per heavy atom. The van der Waals surface area contributed by atoms with E-state index in [4.69, 9.17) is 0 Å². The summed E-state index contributed by atoms with van der Waals surface area (Å²) in [5.74, 6) is 0.0833. The summed E-state index contributed by atoms with van der Waals surface area (Å²) in [6.45, 7) is 0.848. The van der Waals surface area contributed by atoms with E-state index < -0.39 is 0 Å². The summed E-state index contributed by atoms with van der Waals surface area (Å²) in [5.41, 5.74) is 2.80. The van der Waals surface area contributed by atoms with Crippen molar-refractivity contribution in [2.45, 2.75) is 32.0 Å². The van der Waals surface area contributed by atoms with Gasteiger partial charge in [0.1, 0.15) is 12.1 Å². The van der Waals surface area contributed by atoms with E-state index >= 15 is 0 Å². The Kier molecular flexibility index (Phi) is 3.49. The zero-order chi connectivity index (χ0) is 15.6. The topological polar surface area (TPSA) is 63.9 Å². The Hall–Kier alpha value is -2.76. The van der Waals surface area contributed by atoms with Gasteiger partial charge in [-0.15, -0.1) is 5.10 Å². The van der Waals surface area contributed by atoms with E-state index in [2.05, 4.69) is 15.3 Å². The van der Waals surface area contributed by atoms with Gasteiger partial charge in [0, 0.05) is 25.0 Å². The summed E-state index contributed by atoms with van der Waals surface area (Å²) in [7, 11) is 0. The molecular weight excluding hydrogens is 290 g/mol. The number of benzene rings is 1. The minimum Gasteiger partial charge on any atom is -0.334 e. The predicted octanol–water partition coefficient (Wildman–Crippen LogP) is 2.02. The van der Waals surface area contributed by atoms with E-state index in [9.17, 15) is 4.79 Å². The van der Waals surface area contributed by atoms with Crippen molar-refractivity contribution < 1.29 is 4.79 Å². The lowest BCUT2D eigenvalue weighted by Gasteiger charge is -2.22. The molecule has 1 fully saturated rings. The molecule has 0 bridgehead atoms. The number of hydrogen-bond donors (Lipinski definition) is 0. The van der Waals surface area contributed by atoms with E-state index in [1.165, 1.54) is 0 Å². The minimum atomic E-state index is 0.0833. The summed E-state index contributed by atoms with van der Waals surface area (Å²) in [4.78, 5) is 18.7. The lowest BCUT2D eigenvalue weighted by molar-refractivity contribution is -0.133. The Labute approximate surface area is 133 Å². The molecule has 6 nitrogen and oxygen atoms in total. The first-order valence-electron chi connectivity index (χ1n) is 7.78. The molecule has 6 heteroatoms. The van der Waals surface area contributed by atoms with Gasteiger partial charge in [-0.05, 0) is 42.7 Å². The summed E-state index contributed by atoms with van der Waals surface area (Å²) in [5, 5.41) is 8.22. The molecule has 1 amide bonds. The van der Waals surface area contributed by atoms with Crippen molar-refractivity contribution in [1.29, 1.82) is 0 Å². The van der Waals surface area contributed by atoms with Gasteiger partial charge in [0.25, 0.3) is 0 Å². The number of fused-ring (bicyclic) bond motifs is 1. The van der Waals surface area contributed by atoms with Crippen LogP contribution in [0.5, 0.6) is 0 Å². The molecular formula is C17H17N5O. The Balaban J connectivity index is 1.54. The molecule has 0 spiro atoms. The predicted molar refractivity (Wildman–Crippen MR) is 85.3 cm³/mol. The SMILES string of the molecule is O=C(Cn1nnc2ccccc21)N(Cc1ccncc1)C1CC1. The number of para-hydroxylation sites is 1. The van der Waals surface area contributed by atoms with E-state index in [0.717, 1.165) is 29.4 Å². The molecule has 116 valence electrons. The third-order valence-corrected chi connectivity index (χ3v) is 4.12. The van der Waals surface area contributed by atoms with Gasteiger partial charge in [-0.1, -0.05) is 17.3 Å². The lowest BCUT2D eigenvalue weighted by atomic mass is 10.2. The summed E-state index contributed by atoms with van der Waals surface area (Å²) in [6.07, 6.45) is 5.68. The number of amides is 1. The molecule has 0 unspecified atom stereocenters. The average Bonchev–Trinajstić information content (AvgIpc) is 3.35. The molecule has 3 aromatic rings. The fraction of sp³-hybridized carbons (Fsp3) is 0.294. The second-order valence-electron chi connectivity index (χ2n) is 5.84. The minimum absolute atomic E-state index is 0.0833. The first kappa shape index (κ1) is 13.9. The van der Waals surface area contributed by atoms with Gasteiger partial charge in [-0.3, -0.25) is 9.78 Å². The number of rotatable bonds is 5. The number of carbonyl (C=O) groups is 1. The maximum atomic E-state index is 12.8. The van der Waals surface area contributed by atoms with Crippen molar-refractivity contribution in [2.24, 2.45) is 0 Å². The highest BCUT2D eigenvalue weighted by Gasteiger charge is 2.32. The molecule has 0 radical (unpaired) electrons. The number of pyridine rings is 1. The van der Waals surface area contributed by atoms with E-state index in [1.807, 2.05) is 41.3 Å². The fourth-order valence-corrected chi connectivity index (χ4v) is 2.75. The van der Waals surface area contributed by atoms with Gasteiger partial charge < -0.3 is 4.90 Å². The molecule has 4 rings (SSSR count). The second kappa shape index (κ2) is 5.79. The molecule has 2 aromatic heterocycles. The molecule has 1 aromatic carbocycles. The summed E-state index contributed by atoms with van der Waals surface area (Å²) < 4.78 is 1.68. The normalized spacial score (nSPS) is 14.1. The lowest BCUT2D eigenvalue weighted by Crippen LogP contribution is -2.35. The van der Waals surface area contributed by atoms with Crippen molar-refractivity contribution in [2.75, 3.05) is 0 Å². The van der Waals surface area contributed by atoms with Gasteiger partial charge in [-0.25, -0.2) is 4.68 Å². The standard InChI is InChI=1S/C17H17N5O/c23-17(12-22-16-4-2-1-3-15(16)19-20-22)21(14-5-6-14)11-13-7-9-18-10-8-13/h1-4,7-10,14H,5-6,11-12H2. The fourth-order valence-electron chi connectivity index (χ4n) is 2.75. The molecule has 1 saturated carbocycles. The first-order valence-corrected chi connectivity index (χ1v) is 7.78. The van der Waals surface area contributed by atoms with Crippen molar-refractivity contribution in [3.63, 3.8) is 0 Å². The maximum Gasteiger partial charge on any atom is 0.244 e. The smallest absolute Gasteiger partial charge is 0.244 e. The number of carbonyl (C=O) groups excluding carboxylic acids is 1. The Bertz CT molecular complexity index is 825. The maximum absolute atomic E-state index is 12.8. The highest BCUT2D eigenvalue weighted by molar-refractivity contribution is 5.80. The van der Waals surface area contributed by atoms with Gasteiger partial charge in [0.2, 0.25) is 5.91 Å². The van der Waals surface area contributed by atoms with E-state index in [1.54, 1.807) is 17.1 Å². The zero-order valence-corrected chi connectivity index (χ0v) is 12.7. The van der Waals surface area contributed by atoms with Crippen LogP contribution in [0.3, 0.4) is 0 Å². The molecule has 0 aliphatic heterocycles. The Morgan fingerprint density at radius 3 is 2.74 bits per heavy atom. The van der Waals surface area contributed by atoms with Gasteiger partial charge >= 0.3 is 0 Å². The van der Waals surface area contributed by atoms with Crippen LogP contribution in [0, 0.1) is 0 Å². The average molecular weight is 307 g/mol. The van der Waals surface area contributed by atoms with Crippen LogP contribution in [0.15, 0.2) is 48.8 Å². The van der Waals surface area contributed by atoms with Crippen molar-refractivity contribution in [3.05, 3.63) is 54.4 Å². The van der Waals surface area contributed by atoms with E-state index in [-0.39, 0.29) is 12.5 Å². The molecule has 1 aliphatic carbocycles. The number of hydrogen-bond acceptors (Lipinski definition) is 4. The first-order chi connectivity index (χ1) is 11.3. The molecule has 0 saturated heterocycles. The monoisotopic (exact) mass is 307 g/mol. The van der Waals surface area contributed by atoms with Crippen LogP contribution in [0.25, 0.3) is 11.0 Å². The molecule has 2 heterocycles. The van der Waals surface area contributed by atoms with Gasteiger partial charge in [0.05, 0.1) is 5.52 Å². The number of aromatic nitrogens is 4. The van der Waals surface area contributed by atoms with Crippen molar-refractivity contribution in [3.8, 4) is 0 Å². The van der Waals surface area contributed by atoms with E-state index in [0.29, 0.717) is 12.6 Å². The second-order valence-corrected chi connectivity index (χ2v) is 5.84. The highest BCUT2D eigenvalue weighted by Crippen LogP contribution is 2.28. The van der Waals surface area contributed by atoms with Crippen LogP contribution in [0.2, 0.25) is 0 Å². The van der Waals surface area contributed by atoms with Crippen LogP contribution in [-0.2, 0) is 17.9 Å². The van der Waals surface area contributed by atoms with Crippen molar-refractivity contribution >= 4 is 16.9 Å². The summed E-state index contributed by atoms with van der Waals surface area (Å²) in [6, 6.07) is 11.9. The van der Waals surface area contributed by atoms with Crippen molar-refractivity contribution in [1.82, 2.24) is 24.9 Å².